The molecule has 0 spiro atoms. The van der Waals surface area contributed by atoms with Gasteiger partial charge in [0.1, 0.15) is 0 Å². The van der Waals surface area contributed by atoms with Crippen LogP contribution in [0.4, 0.5) is 0 Å². The Hall–Kier alpha value is -2.70. The topological polar surface area (TPSA) is 81.5 Å². The molecule has 25 heavy (non-hydrogen) atoms. The van der Waals surface area contributed by atoms with E-state index >= 15 is 0 Å². The van der Waals surface area contributed by atoms with E-state index in [9.17, 15) is 14.4 Å². The first kappa shape index (κ1) is 17.1. The predicted octanol–water partition coefficient (Wildman–Crippen LogP) is 1.34. The third-order valence-corrected chi connectivity index (χ3v) is 4.35. The maximum atomic E-state index is 12.3. The first-order chi connectivity index (χ1) is 12.1. The van der Waals surface area contributed by atoms with E-state index in [2.05, 4.69) is 4.98 Å². The Kier molecular flexibility index (Phi) is 5.42. The highest BCUT2D eigenvalue weighted by Gasteiger charge is 2.18. The maximum Gasteiger partial charge on any atom is 0.308 e. The minimum atomic E-state index is -0.495. The Labute approximate surface area is 145 Å². The van der Waals surface area contributed by atoms with Gasteiger partial charge in [0.05, 0.1) is 23.7 Å². The van der Waals surface area contributed by atoms with Crippen molar-refractivity contribution >= 4 is 22.8 Å². The van der Waals surface area contributed by atoms with Crippen LogP contribution in [0.1, 0.15) is 25.7 Å². The number of hydrogen-bond donors (Lipinski definition) is 0. The maximum absolute atomic E-state index is 12.3. The fourth-order valence-corrected chi connectivity index (χ4v) is 2.93. The van der Waals surface area contributed by atoms with Gasteiger partial charge in [-0.05, 0) is 31.4 Å². The van der Waals surface area contributed by atoms with Crippen molar-refractivity contribution in [2.75, 3.05) is 19.7 Å². The molecule has 132 valence electrons. The first-order valence-corrected chi connectivity index (χ1v) is 8.53. The fourth-order valence-electron chi connectivity index (χ4n) is 2.93. The number of likely N-dealkylation sites (tertiary alicyclic amines) is 1. The molecule has 2 heterocycles. The molecule has 1 aromatic carbocycles. The average molecular weight is 343 g/mol. The molecular weight excluding hydrogens is 322 g/mol. The number of carbonyl (C=O) groups excluding carboxylic acids is 2. The van der Waals surface area contributed by atoms with Crippen molar-refractivity contribution in [1.82, 2.24) is 14.5 Å². The normalized spacial score (nSPS) is 14.5. The lowest BCUT2D eigenvalue weighted by Gasteiger charge is -2.26. The van der Waals surface area contributed by atoms with Gasteiger partial charge in [0.2, 0.25) is 0 Å². The molecule has 0 saturated carbocycles. The molecule has 1 fully saturated rings. The highest BCUT2D eigenvalue weighted by Crippen LogP contribution is 2.09. The SMILES string of the molecule is O=C(CCn1cnc2ccccc2c1=O)OCC(=O)N1CCCCC1. The number of rotatable bonds is 5. The predicted molar refractivity (Wildman–Crippen MR) is 92.0 cm³/mol. The number of benzene rings is 1. The second-order valence-electron chi connectivity index (χ2n) is 6.11. The van der Waals surface area contributed by atoms with Crippen LogP contribution in [0.3, 0.4) is 0 Å². The van der Waals surface area contributed by atoms with Gasteiger partial charge in [-0.3, -0.25) is 19.0 Å². The van der Waals surface area contributed by atoms with E-state index in [0.29, 0.717) is 10.9 Å². The molecule has 0 atom stereocenters. The number of aromatic nitrogens is 2. The van der Waals surface area contributed by atoms with E-state index < -0.39 is 5.97 Å². The molecule has 1 aromatic heterocycles. The average Bonchev–Trinajstić information content (AvgIpc) is 2.66. The highest BCUT2D eigenvalue weighted by atomic mass is 16.5. The van der Waals surface area contributed by atoms with Crippen molar-refractivity contribution in [2.45, 2.75) is 32.2 Å². The minimum Gasteiger partial charge on any atom is -0.456 e. The Morgan fingerprint density at radius 1 is 1.12 bits per heavy atom. The smallest absolute Gasteiger partial charge is 0.308 e. The number of para-hydroxylation sites is 1. The second-order valence-corrected chi connectivity index (χ2v) is 6.11. The van der Waals surface area contributed by atoms with Gasteiger partial charge in [0.15, 0.2) is 6.61 Å². The molecule has 1 aliphatic heterocycles. The summed E-state index contributed by atoms with van der Waals surface area (Å²) in [4.78, 5) is 42.1. The number of fused-ring (bicyclic) bond motifs is 1. The molecule has 7 heteroatoms. The van der Waals surface area contributed by atoms with Crippen molar-refractivity contribution in [3.8, 4) is 0 Å². The lowest BCUT2D eigenvalue weighted by Crippen LogP contribution is -2.38. The van der Waals surface area contributed by atoms with E-state index in [-0.39, 0.29) is 31.0 Å². The van der Waals surface area contributed by atoms with Crippen LogP contribution in [-0.2, 0) is 20.9 Å². The number of hydrogen-bond acceptors (Lipinski definition) is 5. The molecule has 3 rings (SSSR count). The standard InChI is InChI=1S/C18H21N3O4/c22-16(20-9-4-1-5-10-20)12-25-17(23)8-11-21-13-19-15-7-3-2-6-14(15)18(21)24/h2-3,6-7,13H,1,4-5,8-12H2. The van der Waals surface area contributed by atoms with Gasteiger partial charge in [0, 0.05) is 19.6 Å². The van der Waals surface area contributed by atoms with E-state index in [0.717, 1.165) is 32.4 Å². The van der Waals surface area contributed by atoms with Crippen LogP contribution < -0.4 is 5.56 Å². The van der Waals surface area contributed by atoms with E-state index in [4.69, 9.17) is 4.74 Å². The van der Waals surface area contributed by atoms with E-state index in [1.807, 2.05) is 6.07 Å². The van der Waals surface area contributed by atoms with Crippen molar-refractivity contribution in [2.24, 2.45) is 0 Å². The largest absolute Gasteiger partial charge is 0.456 e. The summed E-state index contributed by atoms with van der Waals surface area (Å²) in [5.41, 5.74) is 0.432. The third kappa shape index (κ3) is 4.23. The van der Waals surface area contributed by atoms with Gasteiger partial charge in [0.25, 0.3) is 11.5 Å². The third-order valence-electron chi connectivity index (χ3n) is 4.35. The quantitative estimate of drug-likeness (QED) is 0.765. The van der Waals surface area contributed by atoms with Crippen LogP contribution in [0.5, 0.6) is 0 Å². The first-order valence-electron chi connectivity index (χ1n) is 8.53. The highest BCUT2D eigenvalue weighted by molar-refractivity contribution is 5.80. The molecule has 0 N–H and O–H groups in total. The summed E-state index contributed by atoms with van der Waals surface area (Å²) in [6.07, 6.45) is 4.58. The zero-order valence-electron chi connectivity index (χ0n) is 14.0. The molecule has 0 unspecified atom stereocenters. The van der Waals surface area contributed by atoms with Gasteiger partial charge in [-0.2, -0.15) is 0 Å². The van der Waals surface area contributed by atoms with Crippen molar-refractivity contribution in [1.29, 1.82) is 0 Å². The summed E-state index contributed by atoms with van der Waals surface area (Å²) < 4.78 is 6.43. The number of esters is 1. The lowest BCUT2D eigenvalue weighted by molar-refractivity contribution is -0.152. The minimum absolute atomic E-state index is 0.0210. The fraction of sp³-hybridized carbons (Fsp3) is 0.444. The van der Waals surface area contributed by atoms with Crippen molar-refractivity contribution < 1.29 is 14.3 Å². The molecule has 0 bridgehead atoms. The number of ether oxygens (including phenoxy) is 1. The van der Waals surface area contributed by atoms with Crippen LogP contribution in [0.25, 0.3) is 10.9 Å². The monoisotopic (exact) mass is 343 g/mol. The van der Waals surface area contributed by atoms with Crippen LogP contribution in [-0.4, -0.2) is 46.0 Å². The van der Waals surface area contributed by atoms with E-state index in [1.54, 1.807) is 23.1 Å². The number of amides is 1. The van der Waals surface area contributed by atoms with Gasteiger partial charge >= 0.3 is 5.97 Å². The molecule has 0 aliphatic carbocycles. The molecule has 2 aromatic rings. The summed E-state index contributed by atoms with van der Waals surface area (Å²) in [6, 6.07) is 7.06. The lowest BCUT2D eigenvalue weighted by atomic mass is 10.1. The number of nitrogens with zero attached hydrogens (tertiary/aromatic N) is 3. The Balaban J connectivity index is 1.51. The number of piperidine rings is 1. The van der Waals surface area contributed by atoms with Crippen LogP contribution in [0.2, 0.25) is 0 Å². The molecule has 1 aliphatic rings. The van der Waals surface area contributed by atoms with Crippen LogP contribution >= 0.6 is 0 Å². The zero-order valence-corrected chi connectivity index (χ0v) is 14.0. The molecular formula is C18H21N3O4. The summed E-state index contributed by atoms with van der Waals surface area (Å²) in [5, 5.41) is 0.513. The zero-order chi connectivity index (χ0) is 17.6. The molecule has 1 amide bonds. The van der Waals surface area contributed by atoms with Crippen LogP contribution in [0, 0.1) is 0 Å². The summed E-state index contributed by atoms with van der Waals surface area (Å²) in [5.74, 6) is -0.650. The Morgan fingerprint density at radius 2 is 1.88 bits per heavy atom. The van der Waals surface area contributed by atoms with Gasteiger partial charge in [-0.25, -0.2) is 4.98 Å². The Bertz CT molecular complexity index is 824. The van der Waals surface area contributed by atoms with Crippen molar-refractivity contribution in [3.63, 3.8) is 0 Å². The van der Waals surface area contributed by atoms with E-state index in [1.165, 1.54) is 10.9 Å². The second kappa shape index (κ2) is 7.92. The van der Waals surface area contributed by atoms with Gasteiger partial charge in [-0.15, -0.1) is 0 Å². The Morgan fingerprint density at radius 3 is 2.68 bits per heavy atom. The molecule has 0 radical (unpaired) electrons. The molecule has 1 saturated heterocycles. The molecule has 7 nitrogen and oxygen atoms in total. The summed E-state index contributed by atoms with van der Waals surface area (Å²) in [6.45, 7) is 1.40. The van der Waals surface area contributed by atoms with Crippen molar-refractivity contribution in [3.05, 3.63) is 40.9 Å². The summed E-state index contributed by atoms with van der Waals surface area (Å²) in [7, 11) is 0. The number of carbonyl (C=O) groups is 2. The van der Waals surface area contributed by atoms with Gasteiger partial charge in [-0.1, -0.05) is 12.1 Å². The van der Waals surface area contributed by atoms with Crippen LogP contribution in [0.15, 0.2) is 35.4 Å². The summed E-state index contributed by atoms with van der Waals surface area (Å²) >= 11 is 0. The van der Waals surface area contributed by atoms with Gasteiger partial charge < -0.3 is 9.64 Å². The number of aryl methyl sites for hydroxylation is 1.